The van der Waals surface area contributed by atoms with E-state index in [0.717, 1.165) is 30.9 Å². The average molecular weight is 303 g/mol. The Labute approximate surface area is 129 Å². The maximum Gasteiger partial charge on any atom is 0.164 e. The van der Waals surface area contributed by atoms with Gasteiger partial charge in [0.2, 0.25) is 0 Å². The molecule has 1 aliphatic heterocycles. The van der Waals surface area contributed by atoms with Crippen LogP contribution in [0, 0.1) is 0 Å². The van der Waals surface area contributed by atoms with Gasteiger partial charge in [0.25, 0.3) is 0 Å². The van der Waals surface area contributed by atoms with Crippen molar-refractivity contribution in [3.8, 4) is 11.5 Å². The number of hydrogen-bond acceptors (Lipinski definition) is 4. The Kier molecular flexibility index (Phi) is 4.17. The van der Waals surface area contributed by atoms with E-state index in [2.05, 4.69) is 30.4 Å². The number of ether oxygens (including phenoxy) is 2. The molecule has 1 atom stereocenters. The van der Waals surface area contributed by atoms with Crippen LogP contribution in [0.15, 0.2) is 24.3 Å². The predicted octanol–water partition coefficient (Wildman–Crippen LogP) is 3.56. The second-order valence-electron chi connectivity index (χ2n) is 5.16. The van der Waals surface area contributed by atoms with Crippen molar-refractivity contribution in [2.45, 2.75) is 25.8 Å². The van der Waals surface area contributed by atoms with E-state index in [4.69, 9.17) is 9.47 Å². The molecule has 0 saturated carbocycles. The molecule has 4 heteroatoms. The third-order valence-corrected chi connectivity index (χ3v) is 5.33. The van der Waals surface area contributed by atoms with Gasteiger partial charge in [-0.2, -0.15) is 0 Å². The molecule has 21 heavy (non-hydrogen) atoms. The highest BCUT2D eigenvalue weighted by molar-refractivity contribution is 7.12. The lowest BCUT2D eigenvalue weighted by Gasteiger charge is -2.28. The number of thiophene rings is 1. The Morgan fingerprint density at radius 2 is 2.05 bits per heavy atom. The number of fused-ring (bicyclic) bond motifs is 1. The Bertz CT molecular complexity index is 636. The molecule has 3 rings (SSSR count). The van der Waals surface area contributed by atoms with Crippen LogP contribution in [0.5, 0.6) is 11.5 Å². The maximum atomic E-state index is 5.60. The van der Waals surface area contributed by atoms with Gasteiger partial charge in [-0.1, -0.05) is 13.0 Å². The van der Waals surface area contributed by atoms with Crippen LogP contribution in [0.2, 0.25) is 0 Å². The first-order valence-electron chi connectivity index (χ1n) is 7.34. The summed E-state index contributed by atoms with van der Waals surface area (Å²) in [7, 11) is 3.41. The van der Waals surface area contributed by atoms with Gasteiger partial charge in [-0.25, -0.2) is 0 Å². The third kappa shape index (κ3) is 2.54. The SMILES string of the molecule is CCc1ccc(C2NCCc3c2ccc(OC)c3OC)s1. The molecule has 0 saturated heterocycles. The fourth-order valence-electron chi connectivity index (χ4n) is 2.98. The van der Waals surface area contributed by atoms with E-state index in [9.17, 15) is 0 Å². The molecule has 1 N–H and O–H groups in total. The van der Waals surface area contributed by atoms with Crippen LogP contribution in [0.3, 0.4) is 0 Å². The van der Waals surface area contributed by atoms with Crippen LogP contribution in [0.4, 0.5) is 0 Å². The summed E-state index contributed by atoms with van der Waals surface area (Å²) in [5, 5.41) is 3.63. The van der Waals surface area contributed by atoms with Gasteiger partial charge in [-0.3, -0.25) is 0 Å². The highest BCUT2D eigenvalue weighted by atomic mass is 32.1. The van der Waals surface area contributed by atoms with Crippen molar-refractivity contribution in [3.05, 3.63) is 45.1 Å². The minimum Gasteiger partial charge on any atom is -0.493 e. The summed E-state index contributed by atoms with van der Waals surface area (Å²) in [4.78, 5) is 2.81. The van der Waals surface area contributed by atoms with E-state index in [1.807, 2.05) is 17.4 Å². The quantitative estimate of drug-likeness (QED) is 0.937. The molecule has 0 amide bonds. The number of benzene rings is 1. The Morgan fingerprint density at radius 3 is 2.71 bits per heavy atom. The second-order valence-corrected chi connectivity index (χ2v) is 6.36. The number of nitrogens with one attached hydrogen (secondary N) is 1. The lowest BCUT2D eigenvalue weighted by Crippen LogP contribution is -2.30. The fourth-order valence-corrected chi connectivity index (χ4v) is 4.03. The van der Waals surface area contributed by atoms with Crippen LogP contribution in [0.25, 0.3) is 0 Å². The highest BCUT2D eigenvalue weighted by Crippen LogP contribution is 2.41. The molecule has 2 heterocycles. The molecular weight excluding hydrogens is 282 g/mol. The van der Waals surface area contributed by atoms with E-state index in [-0.39, 0.29) is 6.04 Å². The molecule has 1 aliphatic rings. The molecule has 0 spiro atoms. The minimum atomic E-state index is 0.263. The Balaban J connectivity index is 2.05. The van der Waals surface area contributed by atoms with Crippen molar-refractivity contribution in [3.63, 3.8) is 0 Å². The van der Waals surface area contributed by atoms with Crippen LogP contribution in [-0.4, -0.2) is 20.8 Å². The van der Waals surface area contributed by atoms with E-state index >= 15 is 0 Å². The van der Waals surface area contributed by atoms with E-state index < -0.39 is 0 Å². The molecule has 3 nitrogen and oxygen atoms in total. The van der Waals surface area contributed by atoms with Gasteiger partial charge in [-0.05, 0) is 36.6 Å². The van der Waals surface area contributed by atoms with Gasteiger partial charge < -0.3 is 14.8 Å². The molecule has 1 aromatic carbocycles. The number of rotatable bonds is 4. The summed E-state index contributed by atoms with van der Waals surface area (Å²) in [6, 6.07) is 8.91. The van der Waals surface area contributed by atoms with Crippen molar-refractivity contribution in [1.82, 2.24) is 5.32 Å². The summed E-state index contributed by atoms with van der Waals surface area (Å²) in [6.07, 6.45) is 2.06. The van der Waals surface area contributed by atoms with Crippen molar-refractivity contribution < 1.29 is 9.47 Å². The van der Waals surface area contributed by atoms with Crippen LogP contribution in [-0.2, 0) is 12.8 Å². The number of hydrogen-bond donors (Lipinski definition) is 1. The summed E-state index contributed by atoms with van der Waals surface area (Å²) in [6.45, 7) is 3.16. The minimum absolute atomic E-state index is 0.263. The highest BCUT2D eigenvalue weighted by Gasteiger charge is 2.26. The van der Waals surface area contributed by atoms with Gasteiger partial charge in [0.1, 0.15) is 0 Å². The van der Waals surface area contributed by atoms with Crippen LogP contribution < -0.4 is 14.8 Å². The molecule has 2 aromatic rings. The van der Waals surface area contributed by atoms with E-state index in [1.165, 1.54) is 20.9 Å². The van der Waals surface area contributed by atoms with Gasteiger partial charge in [0.05, 0.1) is 20.3 Å². The second kappa shape index (κ2) is 6.08. The van der Waals surface area contributed by atoms with Gasteiger partial charge >= 0.3 is 0 Å². The van der Waals surface area contributed by atoms with Gasteiger partial charge in [0, 0.05) is 21.9 Å². The zero-order valence-corrected chi connectivity index (χ0v) is 13.5. The smallest absolute Gasteiger partial charge is 0.164 e. The molecule has 1 aromatic heterocycles. The number of aryl methyl sites for hydroxylation is 1. The zero-order chi connectivity index (χ0) is 14.8. The molecule has 1 unspecified atom stereocenters. The molecule has 0 bridgehead atoms. The lowest BCUT2D eigenvalue weighted by molar-refractivity contribution is 0.348. The molecular formula is C17H21NO2S. The molecule has 112 valence electrons. The summed E-state index contributed by atoms with van der Waals surface area (Å²) in [5.41, 5.74) is 2.58. The Morgan fingerprint density at radius 1 is 1.19 bits per heavy atom. The first-order valence-corrected chi connectivity index (χ1v) is 8.15. The van der Waals surface area contributed by atoms with Crippen molar-refractivity contribution >= 4 is 11.3 Å². The van der Waals surface area contributed by atoms with Crippen LogP contribution in [0.1, 0.15) is 33.8 Å². The first-order chi connectivity index (χ1) is 10.3. The number of methoxy groups -OCH3 is 2. The third-order valence-electron chi connectivity index (χ3n) is 4.03. The summed E-state index contributed by atoms with van der Waals surface area (Å²) in [5.74, 6) is 1.70. The molecule has 0 fully saturated rings. The standard InChI is InChI=1S/C17H21NO2S/c1-4-11-5-8-15(21-11)16-12-6-7-14(19-2)17(20-3)13(12)9-10-18-16/h5-8,16,18H,4,9-10H2,1-3H3. The van der Waals surface area contributed by atoms with Crippen LogP contribution >= 0.6 is 11.3 Å². The normalized spacial score (nSPS) is 17.4. The fraction of sp³-hybridized carbons (Fsp3) is 0.412. The zero-order valence-electron chi connectivity index (χ0n) is 12.7. The summed E-state index contributed by atoms with van der Waals surface area (Å²) < 4.78 is 11.0. The molecule has 0 aliphatic carbocycles. The topological polar surface area (TPSA) is 30.5 Å². The average Bonchev–Trinajstić information content (AvgIpc) is 3.01. The monoisotopic (exact) mass is 303 g/mol. The lowest BCUT2D eigenvalue weighted by atomic mass is 9.92. The van der Waals surface area contributed by atoms with Gasteiger partial charge in [-0.15, -0.1) is 11.3 Å². The van der Waals surface area contributed by atoms with Crippen molar-refractivity contribution in [2.24, 2.45) is 0 Å². The summed E-state index contributed by atoms with van der Waals surface area (Å²) >= 11 is 1.89. The largest absolute Gasteiger partial charge is 0.493 e. The predicted molar refractivity (Wildman–Crippen MR) is 86.8 cm³/mol. The first kappa shape index (κ1) is 14.4. The maximum absolute atomic E-state index is 5.60. The van der Waals surface area contributed by atoms with E-state index in [1.54, 1.807) is 14.2 Å². The van der Waals surface area contributed by atoms with Crippen molar-refractivity contribution in [2.75, 3.05) is 20.8 Å². The Hall–Kier alpha value is -1.52. The van der Waals surface area contributed by atoms with Crippen molar-refractivity contribution in [1.29, 1.82) is 0 Å². The molecule has 0 radical (unpaired) electrons. The van der Waals surface area contributed by atoms with E-state index in [0.29, 0.717) is 0 Å². The van der Waals surface area contributed by atoms with Gasteiger partial charge in [0.15, 0.2) is 11.5 Å².